The molecule has 1 aliphatic carbocycles. The summed E-state index contributed by atoms with van der Waals surface area (Å²) < 4.78 is 32.8. The van der Waals surface area contributed by atoms with E-state index in [2.05, 4.69) is 195 Å². The second-order valence-electron chi connectivity index (χ2n) is 18.8. The Hall–Kier alpha value is -7.44. The number of ether oxygens (including phenoxy) is 4. The molecule has 0 N–H and O–H groups in total. The monoisotopic (exact) mass is 922 g/mol. The Kier molecular flexibility index (Phi) is 12.8. The van der Waals surface area contributed by atoms with Gasteiger partial charge in [0.25, 0.3) is 0 Å². The van der Waals surface area contributed by atoms with Gasteiger partial charge in [0.1, 0.15) is 23.0 Å². The van der Waals surface area contributed by atoms with Crippen LogP contribution in [0.4, 0.5) is 0 Å². The molecule has 8 aromatic carbocycles. The standard InChI is InChI=1S/C64H62N2O4/c1-5-31-67-61-43-19-17-20-44(61)36-48-40-52(66-59-29-15-11-25-55(59)56-26-12-16-30-60(56)66)42-50(64(48)70-34-8-4)38-46-22-18-21-45(62(46)68-32-6-2)37-49-41-51(39-47(35-43)63(49)69-33-7-3)65-57-27-13-9-23-53(57)54-24-10-14-28-58(54)65/h9-30,39-42H,5-8,31-38H2,1-4H3. The van der Waals surface area contributed by atoms with Crippen molar-refractivity contribution in [3.8, 4) is 34.4 Å². The quantitative estimate of drug-likeness (QED) is 0.109. The fraction of sp³-hybridized carbons (Fsp3) is 0.250. The largest absolute Gasteiger partial charge is 0.493 e. The molecule has 0 saturated heterocycles. The molecule has 70 heavy (non-hydrogen) atoms. The van der Waals surface area contributed by atoms with Crippen LogP contribution in [0, 0.1) is 0 Å². The van der Waals surface area contributed by atoms with Crippen molar-refractivity contribution in [3.05, 3.63) is 202 Å². The number of para-hydroxylation sites is 6. The molecule has 0 radical (unpaired) electrons. The van der Waals surface area contributed by atoms with E-state index in [1.807, 2.05) is 0 Å². The number of benzene rings is 8. The van der Waals surface area contributed by atoms with Gasteiger partial charge in [-0.2, -0.15) is 0 Å². The zero-order chi connectivity index (χ0) is 47.6. The summed E-state index contributed by atoms with van der Waals surface area (Å²) in [6.07, 6.45) is 6.05. The average molecular weight is 923 g/mol. The van der Waals surface area contributed by atoms with Crippen LogP contribution in [0.3, 0.4) is 0 Å². The average Bonchev–Trinajstić information content (AvgIpc) is 3.91. The molecule has 2 aromatic heterocycles. The van der Waals surface area contributed by atoms with Crippen LogP contribution in [0.15, 0.2) is 158 Å². The number of aromatic nitrogens is 2. The van der Waals surface area contributed by atoms with Crippen LogP contribution >= 0.6 is 0 Å². The topological polar surface area (TPSA) is 46.8 Å². The van der Waals surface area contributed by atoms with Crippen LogP contribution in [0.25, 0.3) is 55.0 Å². The lowest BCUT2D eigenvalue weighted by Gasteiger charge is -2.24. The maximum Gasteiger partial charge on any atom is 0.126 e. The van der Waals surface area contributed by atoms with Crippen LogP contribution in [-0.4, -0.2) is 35.6 Å². The van der Waals surface area contributed by atoms with E-state index in [0.29, 0.717) is 52.1 Å². The van der Waals surface area contributed by atoms with Crippen LogP contribution < -0.4 is 18.9 Å². The third-order valence-corrected chi connectivity index (χ3v) is 13.8. The normalized spacial score (nSPS) is 12.5. The number of fused-ring (bicyclic) bond motifs is 14. The lowest BCUT2D eigenvalue weighted by molar-refractivity contribution is 0.304. The van der Waals surface area contributed by atoms with E-state index in [1.165, 1.54) is 43.6 Å². The molecule has 0 unspecified atom stereocenters. The van der Waals surface area contributed by atoms with Gasteiger partial charge < -0.3 is 28.1 Å². The van der Waals surface area contributed by atoms with Crippen LogP contribution in [0.5, 0.6) is 23.0 Å². The van der Waals surface area contributed by atoms with Crippen molar-refractivity contribution < 1.29 is 18.9 Å². The highest BCUT2D eigenvalue weighted by molar-refractivity contribution is 6.10. The Labute approximate surface area is 412 Å². The summed E-state index contributed by atoms with van der Waals surface area (Å²) in [7, 11) is 0. The van der Waals surface area contributed by atoms with Gasteiger partial charge in [0, 0.05) is 80.9 Å². The number of nitrogens with zero attached hydrogens (tertiary/aromatic N) is 2. The first-order valence-corrected chi connectivity index (χ1v) is 25.6. The highest BCUT2D eigenvalue weighted by atomic mass is 16.5. The molecule has 1 aliphatic rings. The molecule has 0 amide bonds. The maximum absolute atomic E-state index is 6.98. The third kappa shape index (κ3) is 8.33. The molecule has 11 rings (SSSR count). The molecule has 6 heteroatoms. The Morgan fingerprint density at radius 1 is 0.300 bits per heavy atom. The van der Waals surface area contributed by atoms with Crippen LogP contribution in [0.2, 0.25) is 0 Å². The summed E-state index contributed by atoms with van der Waals surface area (Å²) in [6.45, 7) is 11.2. The van der Waals surface area contributed by atoms with Gasteiger partial charge in [-0.1, -0.05) is 137 Å². The minimum atomic E-state index is 0.608. The second-order valence-corrected chi connectivity index (χ2v) is 18.8. The van der Waals surface area contributed by atoms with Gasteiger partial charge in [-0.25, -0.2) is 0 Å². The summed E-state index contributed by atoms with van der Waals surface area (Å²) in [6, 6.07) is 58.0. The van der Waals surface area contributed by atoms with E-state index in [-0.39, 0.29) is 0 Å². The van der Waals surface area contributed by atoms with Gasteiger partial charge in [-0.05, 0) is 96.5 Å². The van der Waals surface area contributed by atoms with Crippen molar-refractivity contribution >= 4 is 43.6 Å². The van der Waals surface area contributed by atoms with E-state index < -0.39 is 0 Å². The van der Waals surface area contributed by atoms with Gasteiger partial charge >= 0.3 is 0 Å². The first-order chi connectivity index (χ1) is 34.6. The van der Waals surface area contributed by atoms with E-state index in [4.69, 9.17) is 18.9 Å². The Morgan fingerprint density at radius 3 is 0.800 bits per heavy atom. The van der Waals surface area contributed by atoms with Gasteiger partial charge in [-0.3, -0.25) is 0 Å². The second kappa shape index (κ2) is 19.9. The first-order valence-electron chi connectivity index (χ1n) is 25.6. The zero-order valence-corrected chi connectivity index (χ0v) is 41.0. The first kappa shape index (κ1) is 45.0. The molecule has 0 saturated carbocycles. The van der Waals surface area contributed by atoms with Crippen LogP contribution in [0.1, 0.15) is 97.9 Å². The zero-order valence-electron chi connectivity index (χ0n) is 41.0. The van der Waals surface area contributed by atoms with E-state index >= 15 is 0 Å². The lowest BCUT2D eigenvalue weighted by atomic mass is 9.90. The van der Waals surface area contributed by atoms with Crippen molar-refractivity contribution in [2.24, 2.45) is 0 Å². The minimum absolute atomic E-state index is 0.608. The Morgan fingerprint density at radius 2 is 0.543 bits per heavy atom. The summed E-state index contributed by atoms with van der Waals surface area (Å²) in [5, 5.41) is 4.94. The Balaban J connectivity index is 1.20. The number of rotatable bonds is 14. The summed E-state index contributed by atoms with van der Waals surface area (Å²) in [5.74, 6) is 3.75. The maximum atomic E-state index is 6.98. The van der Waals surface area contributed by atoms with Crippen molar-refractivity contribution in [1.29, 1.82) is 0 Å². The summed E-state index contributed by atoms with van der Waals surface area (Å²) in [5.41, 5.74) is 16.0. The van der Waals surface area contributed by atoms with Crippen molar-refractivity contribution in [1.82, 2.24) is 9.13 Å². The van der Waals surface area contributed by atoms with Gasteiger partial charge in [0.2, 0.25) is 0 Å². The molecule has 0 spiro atoms. The molecule has 0 fully saturated rings. The summed E-state index contributed by atoms with van der Waals surface area (Å²) >= 11 is 0. The fourth-order valence-corrected chi connectivity index (χ4v) is 10.9. The molecule has 6 nitrogen and oxygen atoms in total. The highest BCUT2D eigenvalue weighted by Gasteiger charge is 2.25. The van der Waals surface area contributed by atoms with Crippen molar-refractivity contribution in [3.63, 3.8) is 0 Å². The molecular formula is C64H62N2O4. The Bertz CT molecular complexity index is 3090. The molecule has 2 heterocycles. The van der Waals surface area contributed by atoms with Gasteiger partial charge in [0.05, 0.1) is 48.5 Å². The molecule has 0 aliphatic heterocycles. The van der Waals surface area contributed by atoms with E-state index in [1.54, 1.807) is 0 Å². The van der Waals surface area contributed by atoms with Crippen molar-refractivity contribution in [2.45, 2.75) is 79.1 Å². The third-order valence-electron chi connectivity index (χ3n) is 13.8. The SMILES string of the molecule is CCCOc1c2cccc1Cc1cc(-n3c4ccccc4c4ccccc43)cc(c1OCCC)Cc1cccc(c1OCCC)Cc1cc(-n3c4ccccc4c4ccccc43)cc(c1OCCC)C2. The lowest BCUT2D eigenvalue weighted by Crippen LogP contribution is -2.11. The molecule has 352 valence electrons. The van der Waals surface area contributed by atoms with Gasteiger partial charge in [0.15, 0.2) is 0 Å². The van der Waals surface area contributed by atoms with Crippen molar-refractivity contribution in [2.75, 3.05) is 26.4 Å². The minimum Gasteiger partial charge on any atom is -0.493 e. The van der Waals surface area contributed by atoms with Crippen LogP contribution in [-0.2, 0) is 25.7 Å². The number of hydrogen-bond donors (Lipinski definition) is 0. The fourth-order valence-electron chi connectivity index (χ4n) is 10.9. The van der Waals surface area contributed by atoms with Gasteiger partial charge in [-0.15, -0.1) is 0 Å². The van der Waals surface area contributed by atoms with E-state index in [9.17, 15) is 0 Å². The molecule has 8 bridgehead atoms. The number of hydrogen-bond acceptors (Lipinski definition) is 4. The predicted molar refractivity (Wildman–Crippen MR) is 289 cm³/mol. The molecular weight excluding hydrogens is 861 g/mol. The predicted octanol–water partition coefficient (Wildman–Crippen LogP) is 15.7. The highest BCUT2D eigenvalue weighted by Crippen LogP contribution is 2.43. The summed E-state index contributed by atoms with van der Waals surface area (Å²) in [4.78, 5) is 0. The smallest absolute Gasteiger partial charge is 0.126 e. The molecule has 10 aromatic rings. The molecule has 0 atom stereocenters. The van der Waals surface area contributed by atoms with E-state index in [0.717, 1.165) is 105 Å².